The van der Waals surface area contributed by atoms with E-state index in [9.17, 15) is 0 Å². The highest BCUT2D eigenvalue weighted by Gasteiger charge is 2.22. The Morgan fingerprint density at radius 3 is 2.73 bits per heavy atom. The van der Waals surface area contributed by atoms with Gasteiger partial charge >= 0.3 is 0 Å². The molecule has 0 aliphatic carbocycles. The Kier molecular flexibility index (Phi) is 4.42. The summed E-state index contributed by atoms with van der Waals surface area (Å²) < 4.78 is 11.0. The van der Waals surface area contributed by atoms with Crippen molar-refractivity contribution in [3.63, 3.8) is 0 Å². The van der Waals surface area contributed by atoms with E-state index in [0.717, 1.165) is 26.2 Å². The minimum Gasteiger partial charge on any atom is -0.381 e. The third kappa shape index (κ3) is 3.74. The molecule has 0 saturated carbocycles. The number of rotatable bonds is 2. The van der Waals surface area contributed by atoms with E-state index in [1.54, 1.807) is 0 Å². The third-order valence-electron chi connectivity index (χ3n) is 3.41. The molecule has 2 rings (SSSR count). The van der Waals surface area contributed by atoms with Crippen LogP contribution in [0.15, 0.2) is 0 Å². The molecular weight excluding hydrogens is 190 g/mol. The Morgan fingerprint density at radius 2 is 1.87 bits per heavy atom. The predicted octanol–water partition coefficient (Wildman–Crippen LogP) is 1.71. The lowest BCUT2D eigenvalue weighted by Crippen LogP contribution is -2.43. The summed E-state index contributed by atoms with van der Waals surface area (Å²) in [6.07, 6.45) is 6.41. The van der Waals surface area contributed by atoms with Gasteiger partial charge in [-0.1, -0.05) is 0 Å². The molecule has 0 aromatic carbocycles. The van der Waals surface area contributed by atoms with Crippen molar-refractivity contribution in [2.24, 2.45) is 0 Å². The van der Waals surface area contributed by atoms with Crippen molar-refractivity contribution < 1.29 is 9.47 Å². The average Bonchev–Trinajstić information content (AvgIpc) is 2.46. The highest BCUT2D eigenvalue weighted by atomic mass is 16.5. The molecule has 0 radical (unpaired) electrons. The zero-order valence-electron chi connectivity index (χ0n) is 9.71. The highest BCUT2D eigenvalue weighted by Crippen LogP contribution is 2.16. The molecule has 15 heavy (non-hydrogen) atoms. The SMILES string of the molecule is CC1CC(NC2CCCOCC2)CCO1. The summed E-state index contributed by atoms with van der Waals surface area (Å²) in [5.74, 6) is 0. The molecule has 2 fully saturated rings. The Hall–Kier alpha value is -0.120. The summed E-state index contributed by atoms with van der Waals surface area (Å²) in [5, 5.41) is 3.77. The topological polar surface area (TPSA) is 30.5 Å². The molecule has 3 heteroatoms. The standard InChI is InChI=1S/C12H23NO2/c1-10-9-12(5-8-15-10)13-11-3-2-6-14-7-4-11/h10-13H,2-9H2,1H3. The number of hydrogen-bond donors (Lipinski definition) is 1. The fourth-order valence-electron chi connectivity index (χ4n) is 2.55. The third-order valence-corrected chi connectivity index (χ3v) is 3.41. The number of hydrogen-bond acceptors (Lipinski definition) is 3. The predicted molar refractivity (Wildman–Crippen MR) is 60.0 cm³/mol. The lowest BCUT2D eigenvalue weighted by molar-refractivity contribution is 0.0108. The minimum absolute atomic E-state index is 0.429. The van der Waals surface area contributed by atoms with E-state index in [1.165, 1.54) is 25.7 Å². The van der Waals surface area contributed by atoms with E-state index >= 15 is 0 Å². The monoisotopic (exact) mass is 213 g/mol. The Morgan fingerprint density at radius 1 is 1.00 bits per heavy atom. The van der Waals surface area contributed by atoms with Crippen LogP contribution in [0.3, 0.4) is 0 Å². The summed E-state index contributed by atoms with van der Waals surface area (Å²) in [7, 11) is 0. The quantitative estimate of drug-likeness (QED) is 0.757. The summed E-state index contributed by atoms with van der Waals surface area (Å²) >= 11 is 0. The van der Waals surface area contributed by atoms with Gasteiger partial charge in [0.1, 0.15) is 0 Å². The molecule has 2 saturated heterocycles. The van der Waals surface area contributed by atoms with Crippen LogP contribution in [0.5, 0.6) is 0 Å². The molecule has 1 N–H and O–H groups in total. The van der Waals surface area contributed by atoms with Crippen LogP contribution in [0.2, 0.25) is 0 Å². The fraction of sp³-hybridized carbons (Fsp3) is 1.00. The molecule has 0 bridgehead atoms. The molecule has 3 atom stereocenters. The van der Waals surface area contributed by atoms with Gasteiger partial charge in [0, 0.05) is 31.9 Å². The van der Waals surface area contributed by atoms with Gasteiger partial charge in [-0.2, -0.15) is 0 Å². The Balaban J connectivity index is 1.74. The lowest BCUT2D eigenvalue weighted by Gasteiger charge is -2.31. The second-order valence-electron chi connectivity index (χ2n) is 4.81. The van der Waals surface area contributed by atoms with Crippen LogP contribution in [0.25, 0.3) is 0 Å². The van der Waals surface area contributed by atoms with Gasteiger partial charge in [0.15, 0.2) is 0 Å². The molecule has 0 spiro atoms. The maximum Gasteiger partial charge on any atom is 0.0561 e. The van der Waals surface area contributed by atoms with E-state index in [1.807, 2.05) is 0 Å². The van der Waals surface area contributed by atoms with Crippen LogP contribution >= 0.6 is 0 Å². The molecular formula is C12H23NO2. The van der Waals surface area contributed by atoms with Gasteiger partial charge in [0.05, 0.1) is 6.10 Å². The maximum absolute atomic E-state index is 5.56. The van der Waals surface area contributed by atoms with Crippen molar-refractivity contribution in [2.45, 2.75) is 57.2 Å². The van der Waals surface area contributed by atoms with Gasteiger partial charge in [-0.05, 0) is 39.0 Å². The van der Waals surface area contributed by atoms with Crippen LogP contribution < -0.4 is 5.32 Å². The van der Waals surface area contributed by atoms with Crippen molar-refractivity contribution in [1.82, 2.24) is 5.32 Å². The average molecular weight is 213 g/mol. The van der Waals surface area contributed by atoms with Crippen molar-refractivity contribution in [1.29, 1.82) is 0 Å². The van der Waals surface area contributed by atoms with E-state index < -0.39 is 0 Å². The second-order valence-corrected chi connectivity index (χ2v) is 4.81. The Labute approximate surface area is 92.5 Å². The van der Waals surface area contributed by atoms with Crippen molar-refractivity contribution in [3.05, 3.63) is 0 Å². The minimum atomic E-state index is 0.429. The molecule has 0 amide bonds. The summed E-state index contributed by atoms with van der Waals surface area (Å²) in [6, 6.07) is 1.33. The van der Waals surface area contributed by atoms with E-state index in [0.29, 0.717) is 18.2 Å². The summed E-state index contributed by atoms with van der Waals surface area (Å²) in [4.78, 5) is 0. The second kappa shape index (κ2) is 5.83. The first-order valence-corrected chi connectivity index (χ1v) is 6.30. The lowest BCUT2D eigenvalue weighted by atomic mass is 10.0. The zero-order valence-corrected chi connectivity index (χ0v) is 9.71. The van der Waals surface area contributed by atoms with Crippen LogP contribution in [0, 0.1) is 0 Å². The molecule has 2 aliphatic rings. The van der Waals surface area contributed by atoms with Crippen molar-refractivity contribution in [2.75, 3.05) is 19.8 Å². The molecule has 88 valence electrons. The maximum atomic E-state index is 5.56. The van der Waals surface area contributed by atoms with E-state index in [-0.39, 0.29) is 0 Å². The van der Waals surface area contributed by atoms with Crippen LogP contribution in [0.1, 0.15) is 39.0 Å². The smallest absolute Gasteiger partial charge is 0.0561 e. The normalized spacial score (nSPS) is 38.6. The summed E-state index contributed by atoms with van der Waals surface area (Å²) in [5.41, 5.74) is 0. The van der Waals surface area contributed by atoms with Gasteiger partial charge in [0.25, 0.3) is 0 Å². The summed E-state index contributed by atoms with van der Waals surface area (Å²) in [6.45, 7) is 4.96. The van der Waals surface area contributed by atoms with Gasteiger partial charge in [-0.3, -0.25) is 0 Å². The highest BCUT2D eigenvalue weighted by molar-refractivity contribution is 4.79. The van der Waals surface area contributed by atoms with E-state index in [2.05, 4.69) is 12.2 Å². The zero-order chi connectivity index (χ0) is 10.5. The fourth-order valence-corrected chi connectivity index (χ4v) is 2.55. The molecule has 3 unspecified atom stereocenters. The first-order valence-electron chi connectivity index (χ1n) is 6.30. The molecule has 0 aromatic heterocycles. The van der Waals surface area contributed by atoms with Gasteiger partial charge in [-0.15, -0.1) is 0 Å². The number of ether oxygens (including phenoxy) is 2. The van der Waals surface area contributed by atoms with Crippen LogP contribution in [-0.2, 0) is 9.47 Å². The molecule has 3 nitrogen and oxygen atoms in total. The largest absolute Gasteiger partial charge is 0.381 e. The van der Waals surface area contributed by atoms with Crippen molar-refractivity contribution >= 4 is 0 Å². The number of nitrogens with one attached hydrogen (secondary N) is 1. The molecule has 2 heterocycles. The Bertz CT molecular complexity index is 178. The van der Waals surface area contributed by atoms with Crippen LogP contribution in [-0.4, -0.2) is 38.0 Å². The molecule has 2 aliphatic heterocycles. The van der Waals surface area contributed by atoms with Gasteiger partial charge in [-0.25, -0.2) is 0 Å². The van der Waals surface area contributed by atoms with Gasteiger partial charge in [0.2, 0.25) is 0 Å². The van der Waals surface area contributed by atoms with Crippen molar-refractivity contribution in [3.8, 4) is 0 Å². The van der Waals surface area contributed by atoms with Crippen LogP contribution in [0.4, 0.5) is 0 Å². The first-order chi connectivity index (χ1) is 7.34. The van der Waals surface area contributed by atoms with E-state index in [4.69, 9.17) is 9.47 Å². The van der Waals surface area contributed by atoms with Gasteiger partial charge < -0.3 is 14.8 Å². The first kappa shape index (κ1) is 11.4. The molecule has 0 aromatic rings.